The smallest absolute Gasteiger partial charge is 0.457 e. The maximum Gasteiger partial charge on any atom is 0.459 e. The summed E-state index contributed by atoms with van der Waals surface area (Å²) < 4.78 is 109. The SMILES string of the molecule is Cc1cc2c(cc1C)C(c1ccccc1)(C(F)(F)C(F)(F)C(F)(F)F)c1cc(C)c(C)cc1O2. The van der Waals surface area contributed by atoms with Gasteiger partial charge in [-0.05, 0) is 67.6 Å². The molecule has 0 unspecified atom stereocenters. The van der Waals surface area contributed by atoms with Crippen LogP contribution in [-0.4, -0.2) is 18.0 Å². The van der Waals surface area contributed by atoms with Crippen LogP contribution in [0.4, 0.5) is 30.7 Å². The second kappa shape index (κ2) is 7.48. The lowest BCUT2D eigenvalue weighted by Gasteiger charge is -2.48. The summed E-state index contributed by atoms with van der Waals surface area (Å²) in [5.41, 5.74) is -2.38. The van der Waals surface area contributed by atoms with Crippen LogP contribution in [0.15, 0.2) is 54.6 Å². The summed E-state index contributed by atoms with van der Waals surface area (Å²) in [6, 6.07) is 11.6. The van der Waals surface area contributed by atoms with Crippen molar-refractivity contribution in [2.45, 2.75) is 51.1 Å². The number of halogens is 7. The molecule has 0 saturated carbocycles. The summed E-state index contributed by atoms with van der Waals surface area (Å²) in [5.74, 6) is -12.4. The Balaban J connectivity index is 2.28. The van der Waals surface area contributed by atoms with Crippen molar-refractivity contribution < 1.29 is 35.5 Å². The summed E-state index contributed by atoms with van der Waals surface area (Å²) in [6.07, 6.45) is -6.50. The average Bonchev–Trinajstić information content (AvgIpc) is 2.74. The van der Waals surface area contributed by atoms with Gasteiger partial charge in [0.2, 0.25) is 0 Å². The number of aryl methyl sites for hydroxylation is 4. The maximum atomic E-state index is 16.2. The highest BCUT2D eigenvalue weighted by atomic mass is 19.4. The second-order valence-electron chi connectivity index (χ2n) is 8.73. The summed E-state index contributed by atoms with van der Waals surface area (Å²) in [6.45, 7) is 6.48. The molecular weight excluding hydrogens is 461 g/mol. The summed E-state index contributed by atoms with van der Waals surface area (Å²) in [5, 5.41) is 0. The predicted octanol–water partition coefficient (Wildman–Crippen LogP) is 8.19. The minimum absolute atomic E-state index is 0.194. The van der Waals surface area contributed by atoms with Crippen LogP contribution < -0.4 is 4.74 Å². The van der Waals surface area contributed by atoms with E-state index in [-0.39, 0.29) is 11.5 Å². The van der Waals surface area contributed by atoms with E-state index in [4.69, 9.17) is 4.74 Å². The van der Waals surface area contributed by atoms with Gasteiger partial charge in [-0.15, -0.1) is 0 Å². The molecule has 0 fully saturated rings. The fourth-order valence-electron chi connectivity index (χ4n) is 4.53. The quantitative estimate of drug-likeness (QED) is 0.342. The Morgan fingerprint density at radius 1 is 0.618 bits per heavy atom. The Bertz CT molecular complexity index is 1200. The molecule has 180 valence electrons. The van der Waals surface area contributed by atoms with Crippen molar-refractivity contribution in [1.29, 1.82) is 0 Å². The van der Waals surface area contributed by atoms with Crippen molar-refractivity contribution in [2.75, 3.05) is 0 Å². The van der Waals surface area contributed by atoms with Gasteiger partial charge in [0.05, 0.1) is 0 Å². The van der Waals surface area contributed by atoms with Crippen LogP contribution in [0.1, 0.15) is 38.9 Å². The molecule has 1 aliphatic rings. The number of alkyl halides is 7. The van der Waals surface area contributed by atoms with Gasteiger partial charge in [-0.2, -0.15) is 30.7 Å². The first-order valence-corrected chi connectivity index (χ1v) is 10.5. The minimum Gasteiger partial charge on any atom is -0.457 e. The monoisotopic (exact) mass is 482 g/mol. The normalized spacial score (nSPS) is 15.4. The largest absolute Gasteiger partial charge is 0.459 e. The van der Waals surface area contributed by atoms with Crippen LogP contribution >= 0.6 is 0 Å². The topological polar surface area (TPSA) is 9.23 Å². The molecule has 3 aromatic rings. The van der Waals surface area contributed by atoms with Gasteiger partial charge in [-0.3, -0.25) is 0 Å². The summed E-state index contributed by atoms with van der Waals surface area (Å²) in [4.78, 5) is 0. The highest BCUT2D eigenvalue weighted by Gasteiger charge is 2.81. The van der Waals surface area contributed by atoms with Crippen LogP contribution in [0, 0.1) is 27.7 Å². The van der Waals surface area contributed by atoms with Gasteiger partial charge in [0.15, 0.2) is 0 Å². The van der Waals surface area contributed by atoms with Gasteiger partial charge in [0.1, 0.15) is 16.9 Å². The van der Waals surface area contributed by atoms with Gasteiger partial charge >= 0.3 is 18.0 Å². The van der Waals surface area contributed by atoms with Crippen molar-refractivity contribution in [2.24, 2.45) is 0 Å². The molecule has 0 N–H and O–H groups in total. The highest BCUT2D eigenvalue weighted by Crippen LogP contribution is 2.65. The number of hydrogen-bond donors (Lipinski definition) is 0. The number of hydrogen-bond acceptors (Lipinski definition) is 1. The Morgan fingerprint density at radius 3 is 1.44 bits per heavy atom. The fourth-order valence-corrected chi connectivity index (χ4v) is 4.53. The van der Waals surface area contributed by atoms with Gasteiger partial charge in [-0.25, -0.2) is 0 Å². The molecule has 34 heavy (non-hydrogen) atoms. The van der Waals surface area contributed by atoms with E-state index < -0.39 is 40.1 Å². The molecule has 0 bridgehead atoms. The van der Waals surface area contributed by atoms with Gasteiger partial charge in [0.25, 0.3) is 0 Å². The van der Waals surface area contributed by atoms with Gasteiger partial charge < -0.3 is 4.74 Å². The van der Waals surface area contributed by atoms with Crippen LogP contribution in [0.2, 0.25) is 0 Å². The maximum absolute atomic E-state index is 16.2. The lowest BCUT2D eigenvalue weighted by molar-refractivity contribution is -0.364. The molecule has 1 heterocycles. The molecule has 3 aromatic carbocycles. The molecule has 4 rings (SSSR count). The summed E-state index contributed by atoms with van der Waals surface area (Å²) >= 11 is 0. The van der Waals surface area contributed by atoms with Crippen LogP contribution in [0.5, 0.6) is 11.5 Å². The van der Waals surface area contributed by atoms with E-state index in [2.05, 4.69) is 0 Å². The lowest BCUT2D eigenvalue weighted by Crippen LogP contribution is -2.63. The van der Waals surface area contributed by atoms with E-state index in [1.54, 1.807) is 27.7 Å². The van der Waals surface area contributed by atoms with Crippen LogP contribution in [0.25, 0.3) is 0 Å². The van der Waals surface area contributed by atoms with Crippen molar-refractivity contribution in [1.82, 2.24) is 0 Å². The van der Waals surface area contributed by atoms with E-state index in [1.807, 2.05) is 0 Å². The molecule has 0 aliphatic carbocycles. The highest BCUT2D eigenvalue weighted by molar-refractivity contribution is 5.68. The Kier molecular flexibility index (Phi) is 5.31. The number of benzene rings is 3. The van der Waals surface area contributed by atoms with E-state index >= 15 is 8.78 Å². The van der Waals surface area contributed by atoms with E-state index in [9.17, 15) is 22.0 Å². The molecule has 0 saturated heterocycles. The van der Waals surface area contributed by atoms with Gasteiger partial charge in [0, 0.05) is 11.1 Å². The van der Waals surface area contributed by atoms with E-state index in [1.165, 1.54) is 42.5 Å². The molecule has 0 atom stereocenters. The van der Waals surface area contributed by atoms with E-state index in [0.29, 0.717) is 22.3 Å². The van der Waals surface area contributed by atoms with Crippen molar-refractivity contribution in [3.05, 3.63) is 93.5 Å². The Labute approximate surface area is 192 Å². The molecule has 0 aromatic heterocycles. The van der Waals surface area contributed by atoms with Crippen molar-refractivity contribution >= 4 is 0 Å². The zero-order valence-electron chi connectivity index (χ0n) is 18.8. The third-order valence-electron chi connectivity index (χ3n) is 6.65. The zero-order valence-corrected chi connectivity index (χ0v) is 18.8. The molecule has 0 amide bonds. The molecule has 8 heteroatoms. The predicted molar refractivity (Wildman–Crippen MR) is 114 cm³/mol. The van der Waals surface area contributed by atoms with Crippen molar-refractivity contribution in [3.8, 4) is 11.5 Å². The molecule has 0 radical (unpaired) electrons. The second-order valence-corrected chi connectivity index (χ2v) is 8.73. The number of rotatable bonds is 3. The molecule has 1 aliphatic heterocycles. The van der Waals surface area contributed by atoms with E-state index in [0.717, 1.165) is 12.1 Å². The fraction of sp³-hybridized carbons (Fsp3) is 0.308. The first-order valence-electron chi connectivity index (χ1n) is 10.5. The van der Waals surface area contributed by atoms with Crippen LogP contribution in [-0.2, 0) is 5.41 Å². The Morgan fingerprint density at radius 2 is 1.03 bits per heavy atom. The van der Waals surface area contributed by atoms with Gasteiger partial charge in [-0.1, -0.05) is 42.5 Å². The third kappa shape index (κ3) is 3.07. The lowest BCUT2D eigenvalue weighted by atomic mass is 9.61. The minimum atomic E-state index is -6.50. The first-order chi connectivity index (χ1) is 15.7. The zero-order chi connectivity index (χ0) is 25.3. The first kappa shape index (κ1) is 24.1. The Hall–Kier alpha value is -3.03. The van der Waals surface area contributed by atoms with Crippen molar-refractivity contribution in [3.63, 3.8) is 0 Å². The summed E-state index contributed by atoms with van der Waals surface area (Å²) in [7, 11) is 0. The van der Waals surface area contributed by atoms with Crippen LogP contribution in [0.3, 0.4) is 0 Å². The molecular formula is C26H21F7O. The third-order valence-corrected chi connectivity index (χ3v) is 6.65. The molecule has 0 spiro atoms. The standard InChI is InChI=1S/C26H21F7O/c1-14-10-19-21(12-16(14)3)34-22-13-17(4)15(2)11-20(22)23(19,18-8-6-5-7-9-18)24(27,28)25(29,30)26(31,32)33/h5-13H,1-4H3. The molecule has 1 nitrogen and oxygen atoms in total. The number of fused-ring (bicyclic) bond motifs is 2. The number of ether oxygens (including phenoxy) is 1. The average molecular weight is 482 g/mol.